The van der Waals surface area contributed by atoms with Crippen molar-refractivity contribution in [3.8, 4) is 5.69 Å². The molecule has 19 heavy (non-hydrogen) atoms. The third-order valence-corrected chi connectivity index (χ3v) is 3.64. The number of hydrogen-bond acceptors (Lipinski definition) is 4. The van der Waals surface area contributed by atoms with Crippen LogP contribution in [0.4, 0.5) is 0 Å². The molecule has 3 rings (SSSR count). The summed E-state index contributed by atoms with van der Waals surface area (Å²) in [4.78, 5) is 11.5. The normalized spacial score (nSPS) is 25.8. The highest BCUT2D eigenvalue weighted by Gasteiger charge is 2.52. The average molecular weight is 258 g/mol. The smallest absolute Gasteiger partial charge is 0.315 e. The SMILES string of the molecule is NC1CC(C(=O)O)(c2cn(-c3ccccc3)nn2)C1. The van der Waals surface area contributed by atoms with Crippen LogP contribution in [0.3, 0.4) is 0 Å². The van der Waals surface area contributed by atoms with E-state index in [2.05, 4.69) is 10.3 Å². The van der Waals surface area contributed by atoms with Crippen LogP contribution in [0.1, 0.15) is 18.5 Å². The largest absolute Gasteiger partial charge is 0.481 e. The topological polar surface area (TPSA) is 94.0 Å². The lowest BCUT2D eigenvalue weighted by molar-refractivity contribution is -0.148. The first-order valence-electron chi connectivity index (χ1n) is 6.09. The molecule has 1 aliphatic carbocycles. The number of nitrogens with zero attached hydrogens (tertiary/aromatic N) is 3. The predicted molar refractivity (Wildman–Crippen MR) is 67.9 cm³/mol. The van der Waals surface area contributed by atoms with Crippen LogP contribution in [-0.2, 0) is 10.2 Å². The Morgan fingerprint density at radius 2 is 2.05 bits per heavy atom. The second kappa shape index (κ2) is 4.17. The van der Waals surface area contributed by atoms with Crippen molar-refractivity contribution in [1.82, 2.24) is 15.0 Å². The van der Waals surface area contributed by atoms with Gasteiger partial charge in [0.2, 0.25) is 0 Å². The number of benzene rings is 1. The minimum Gasteiger partial charge on any atom is -0.481 e. The molecule has 2 aromatic rings. The summed E-state index contributed by atoms with van der Waals surface area (Å²) in [5, 5.41) is 17.4. The van der Waals surface area contributed by atoms with E-state index in [0.29, 0.717) is 18.5 Å². The quantitative estimate of drug-likeness (QED) is 0.845. The number of carboxylic acid groups (broad SMARTS) is 1. The number of para-hydroxylation sites is 1. The molecule has 0 spiro atoms. The molecule has 0 aliphatic heterocycles. The highest BCUT2D eigenvalue weighted by atomic mass is 16.4. The Morgan fingerprint density at radius 1 is 1.37 bits per heavy atom. The first-order valence-corrected chi connectivity index (χ1v) is 6.09. The summed E-state index contributed by atoms with van der Waals surface area (Å²) < 4.78 is 1.59. The van der Waals surface area contributed by atoms with Gasteiger partial charge < -0.3 is 10.8 Å². The molecule has 1 aliphatic rings. The van der Waals surface area contributed by atoms with Crippen molar-refractivity contribution < 1.29 is 9.90 Å². The number of carbonyl (C=O) groups is 1. The molecule has 1 heterocycles. The van der Waals surface area contributed by atoms with E-state index in [9.17, 15) is 9.90 Å². The van der Waals surface area contributed by atoms with Crippen LogP contribution < -0.4 is 5.73 Å². The van der Waals surface area contributed by atoms with Crippen molar-refractivity contribution in [2.75, 3.05) is 0 Å². The Kier molecular flexibility index (Phi) is 2.60. The maximum Gasteiger partial charge on any atom is 0.315 e. The molecule has 1 saturated carbocycles. The van der Waals surface area contributed by atoms with Crippen LogP contribution in [0.25, 0.3) is 5.69 Å². The number of aromatic nitrogens is 3. The van der Waals surface area contributed by atoms with Gasteiger partial charge in [-0.15, -0.1) is 5.10 Å². The second-order valence-electron chi connectivity index (χ2n) is 4.94. The van der Waals surface area contributed by atoms with Crippen molar-refractivity contribution in [1.29, 1.82) is 0 Å². The van der Waals surface area contributed by atoms with E-state index in [4.69, 9.17) is 5.73 Å². The zero-order valence-electron chi connectivity index (χ0n) is 10.2. The first-order chi connectivity index (χ1) is 9.12. The Labute approximate surface area is 109 Å². The van der Waals surface area contributed by atoms with Crippen LogP contribution in [0.2, 0.25) is 0 Å². The van der Waals surface area contributed by atoms with Gasteiger partial charge in [-0.2, -0.15) is 0 Å². The van der Waals surface area contributed by atoms with Gasteiger partial charge >= 0.3 is 5.97 Å². The molecule has 0 saturated heterocycles. The van der Waals surface area contributed by atoms with Gasteiger partial charge in [0.05, 0.1) is 11.9 Å². The summed E-state index contributed by atoms with van der Waals surface area (Å²) in [6.07, 6.45) is 2.50. The van der Waals surface area contributed by atoms with Crippen molar-refractivity contribution in [3.05, 3.63) is 42.2 Å². The summed E-state index contributed by atoms with van der Waals surface area (Å²) in [5.41, 5.74) is 6.09. The molecule has 0 atom stereocenters. The van der Waals surface area contributed by atoms with E-state index in [1.54, 1.807) is 10.9 Å². The first kappa shape index (κ1) is 11.9. The van der Waals surface area contributed by atoms with Crippen molar-refractivity contribution in [3.63, 3.8) is 0 Å². The van der Waals surface area contributed by atoms with Gasteiger partial charge in [0.15, 0.2) is 0 Å². The molecule has 6 heteroatoms. The minimum atomic E-state index is -0.966. The number of aliphatic carboxylic acids is 1. The van der Waals surface area contributed by atoms with E-state index < -0.39 is 11.4 Å². The molecular formula is C13H14N4O2. The fourth-order valence-electron chi connectivity index (χ4n) is 2.52. The van der Waals surface area contributed by atoms with Crippen molar-refractivity contribution >= 4 is 5.97 Å². The molecule has 0 unspecified atom stereocenters. The predicted octanol–water partition coefficient (Wildman–Crippen LogP) is 0.711. The highest BCUT2D eigenvalue weighted by Crippen LogP contribution is 2.42. The Hall–Kier alpha value is -2.21. The average Bonchev–Trinajstić information content (AvgIpc) is 2.85. The zero-order valence-corrected chi connectivity index (χ0v) is 10.2. The molecule has 3 N–H and O–H groups in total. The minimum absolute atomic E-state index is 0.0713. The number of rotatable bonds is 3. The summed E-state index contributed by atoms with van der Waals surface area (Å²) in [5.74, 6) is -0.880. The third kappa shape index (κ3) is 1.80. The van der Waals surface area contributed by atoms with Crippen LogP contribution in [0, 0.1) is 0 Å². The monoisotopic (exact) mass is 258 g/mol. The maximum atomic E-state index is 11.5. The summed E-state index contributed by atoms with van der Waals surface area (Å²) in [6, 6.07) is 9.39. The molecule has 1 aromatic carbocycles. The van der Waals surface area contributed by atoms with Crippen LogP contribution >= 0.6 is 0 Å². The van der Waals surface area contributed by atoms with Gasteiger partial charge in [-0.3, -0.25) is 4.79 Å². The van der Waals surface area contributed by atoms with Gasteiger partial charge in [0.1, 0.15) is 11.1 Å². The fraction of sp³-hybridized carbons (Fsp3) is 0.308. The third-order valence-electron chi connectivity index (χ3n) is 3.64. The summed E-state index contributed by atoms with van der Waals surface area (Å²) in [7, 11) is 0. The molecule has 0 amide bonds. The van der Waals surface area contributed by atoms with E-state index in [1.807, 2.05) is 30.3 Å². The number of hydrogen-bond donors (Lipinski definition) is 2. The molecule has 1 aromatic heterocycles. The van der Waals surface area contributed by atoms with Crippen LogP contribution in [0.15, 0.2) is 36.5 Å². The van der Waals surface area contributed by atoms with E-state index in [1.165, 1.54) is 0 Å². The summed E-state index contributed by atoms with van der Waals surface area (Å²) >= 11 is 0. The summed E-state index contributed by atoms with van der Waals surface area (Å²) in [6.45, 7) is 0. The van der Waals surface area contributed by atoms with Crippen molar-refractivity contribution in [2.24, 2.45) is 5.73 Å². The van der Waals surface area contributed by atoms with Gasteiger partial charge in [0, 0.05) is 6.04 Å². The Balaban J connectivity index is 1.95. The van der Waals surface area contributed by atoms with Gasteiger partial charge in [0.25, 0.3) is 0 Å². The highest BCUT2D eigenvalue weighted by molar-refractivity contribution is 5.82. The lowest BCUT2D eigenvalue weighted by atomic mass is 9.64. The molecule has 0 bridgehead atoms. The fourth-order valence-corrected chi connectivity index (χ4v) is 2.52. The second-order valence-corrected chi connectivity index (χ2v) is 4.94. The Morgan fingerprint density at radius 3 is 2.63 bits per heavy atom. The van der Waals surface area contributed by atoms with Crippen molar-refractivity contribution in [2.45, 2.75) is 24.3 Å². The van der Waals surface area contributed by atoms with E-state index in [-0.39, 0.29) is 6.04 Å². The number of nitrogens with two attached hydrogens (primary N) is 1. The molecule has 98 valence electrons. The van der Waals surface area contributed by atoms with Crippen LogP contribution in [0.5, 0.6) is 0 Å². The standard InChI is InChI=1S/C13H14N4O2/c14-9-6-13(7-9,12(18)19)11-8-17(16-15-11)10-4-2-1-3-5-10/h1-5,8-9H,6-7,14H2,(H,18,19). The van der Waals surface area contributed by atoms with Gasteiger partial charge in [-0.05, 0) is 25.0 Å². The molecule has 0 radical (unpaired) electrons. The van der Waals surface area contributed by atoms with E-state index >= 15 is 0 Å². The van der Waals surface area contributed by atoms with Gasteiger partial charge in [-0.1, -0.05) is 23.4 Å². The molecule has 1 fully saturated rings. The van der Waals surface area contributed by atoms with E-state index in [0.717, 1.165) is 5.69 Å². The molecule has 6 nitrogen and oxygen atoms in total. The number of carboxylic acids is 1. The zero-order chi connectivity index (χ0) is 13.5. The van der Waals surface area contributed by atoms with Crippen LogP contribution in [-0.4, -0.2) is 32.1 Å². The lowest BCUT2D eigenvalue weighted by Crippen LogP contribution is -2.54. The Bertz CT molecular complexity index is 602. The molecular weight excluding hydrogens is 244 g/mol. The van der Waals surface area contributed by atoms with Gasteiger partial charge in [-0.25, -0.2) is 4.68 Å². The maximum absolute atomic E-state index is 11.5. The lowest BCUT2D eigenvalue weighted by Gasteiger charge is -2.40.